The first-order valence-corrected chi connectivity index (χ1v) is 5.30. The Bertz CT molecular complexity index is 413. The molecule has 1 rings (SSSR count). The van der Waals surface area contributed by atoms with Crippen molar-refractivity contribution in [1.82, 2.24) is 4.98 Å². The van der Waals surface area contributed by atoms with Gasteiger partial charge in [0.05, 0.1) is 11.7 Å². The number of carboxylic acid groups (broad SMARTS) is 1. The molecule has 0 bridgehead atoms. The van der Waals surface area contributed by atoms with E-state index in [2.05, 4.69) is 4.98 Å². The van der Waals surface area contributed by atoms with Gasteiger partial charge in [0.15, 0.2) is 0 Å². The SMILES string of the molecule is NCCC(O)C(O)c1cnc(Cl)cc1C(=O)O. The Balaban J connectivity index is 3.08. The van der Waals surface area contributed by atoms with Gasteiger partial charge in [0.2, 0.25) is 0 Å². The molecule has 0 amide bonds. The highest BCUT2D eigenvalue weighted by Gasteiger charge is 2.23. The van der Waals surface area contributed by atoms with Crippen LogP contribution >= 0.6 is 11.6 Å². The van der Waals surface area contributed by atoms with Crippen LogP contribution in [0.2, 0.25) is 5.15 Å². The molecule has 2 unspecified atom stereocenters. The third-order valence-corrected chi connectivity index (χ3v) is 2.48. The Hall–Kier alpha value is -1.21. The van der Waals surface area contributed by atoms with Gasteiger partial charge in [-0.05, 0) is 19.0 Å². The molecule has 0 radical (unpaired) electrons. The van der Waals surface area contributed by atoms with Gasteiger partial charge in [0.25, 0.3) is 0 Å². The number of carbonyl (C=O) groups is 1. The molecule has 6 nitrogen and oxygen atoms in total. The summed E-state index contributed by atoms with van der Waals surface area (Å²) in [6.07, 6.45) is -1.20. The lowest BCUT2D eigenvalue weighted by molar-refractivity contribution is 0.0139. The van der Waals surface area contributed by atoms with Gasteiger partial charge in [-0.25, -0.2) is 9.78 Å². The highest BCUT2D eigenvalue weighted by molar-refractivity contribution is 6.29. The molecule has 2 atom stereocenters. The maximum atomic E-state index is 11.0. The van der Waals surface area contributed by atoms with Crippen molar-refractivity contribution in [3.8, 4) is 0 Å². The number of halogens is 1. The number of aliphatic hydroxyl groups excluding tert-OH is 2. The molecule has 5 N–H and O–H groups in total. The molecule has 0 fully saturated rings. The van der Waals surface area contributed by atoms with E-state index in [1.807, 2.05) is 0 Å². The maximum Gasteiger partial charge on any atom is 0.336 e. The molecular weight excluding hydrogens is 248 g/mol. The minimum atomic E-state index is -1.35. The van der Waals surface area contributed by atoms with Crippen molar-refractivity contribution < 1.29 is 20.1 Å². The molecule has 0 spiro atoms. The molecule has 0 aliphatic rings. The topological polar surface area (TPSA) is 117 Å². The fourth-order valence-electron chi connectivity index (χ4n) is 1.40. The van der Waals surface area contributed by atoms with Gasteiger partial charge < -0.3 is 21.1 Å². The average molecular weight is 261 g/mol. The molecule has 94 valence electrons. The molecule has 0 aromatic carbocycles. The van der Waals surface area contributed by atoms with Crippen LogP contribution in [0.5, 0.6) is 0 Å². The zero-order chi connectivity index (χ0) is 13.0. The number of hydrogen-bond donors (Lipinski definition) is 4. The van der Waals surface area contributed by atoms with Crippen LogP contribution in [-0.2, 0) is 0 Å². The first-order chi connectivity index (χ1) is 7.97. The van der Waals surface area contributed by atoms with E-state index in [9.17, 15) is 15.0 Å². The first-order valence-electron chi connectivity index (χ1n) is 4.92. The number of rotatable bonds is 5. The summed E-state index contributed by atoms with van der Waals surface area (Å²) in [5.41, 5.74) is 5.07. The lowest BCUT2D eigenvalue weighted by Crippen LogP contribution is -2.23. The molecule has 1 aromatic heterocycles. The fraction of sp³-hybridized carbons (Fsp3) is 0.400. The molecule has 1 heterocycles. The lowest BCUT2D eigenvalue weighted by Gasteiger charge is -2.18. The summed E-state index contributed by atoms with van der Waals surface area (Å²) in [4.78, 5) is 14.6. The van der Waals surface area contributed by atoms with Crippen molar-refractivity contribution in [1.29, 1.82) is 0 Å². The lowest BCUT2D eigenvalue weighted by atomic mass is 9.99. The Labute approximate surface area is 103 Å². The first kappa shape index (κ1) is 13.9. The predicted octanol–water partition coefficient (Wildman–Crippen LogP) is 0.176. The van der Waals surface area contributed by atoms with E-state index in [0.29, 0.717) is 0 Å². The van der Waals surface area contributed by atoms with Crippen molar-refractivity contribution in [2.75, 3.05) is 6.54 Å². The standard InChI is InChI=1S/C10H13ClN2O4/c11-8-3-5(10(16)17)6(4-13-8)9(15)7(14)1-2-12/h3-4,7,9,14-15H,1-2,12H2,(H,16,17). The van der Waals surface area contributed by atoms with Crippen LogP contribution in [0.4, 0.5) is 0 Å². The third kappa shape index (κ3) is 3.37. The van der Waals surface area contributed by atoms with Crippen molar-refractivity contribution in [3.05, 3.63) is 28.5 Å². The van der Waals surface area contributed by atoms with Gasteiger partial charge in [-0.3, -0.25) is 0 Å². The van der Waals surface area contributed by atoms with Gasteiger partial charge in [0, 0.05) is 11.8 Å². The molecule has 0 saturated heterocycles. The van der Waals surface area contributed by atoms with E-state index in [1.54, 1.807) is 0 Å². The van der Waals surface area contributed by atoms with Crippen molar-refractivity contribution >= 4 is 17.6 Å². The van der Waals surface area contributed by atoms with Crippen LogP contribution in [0.3, 0.4) is 0 Å². The van der Waals surface area contributed by atoms with Crippen LogP contribution in [0.1, 0.15) is 28.4 Å². The maximum absolute atomic E-state index is 11.0. The number of pyridine rings is 1. The Morgan fingerprint density at radius 1 is 1.53 bits per heavy atom. The zero-order valence-corrected chi connectivity index (χ0v) is 9.63. The number of aliphatic hydroxyl groups is 2. The monoisotopic (exact) mass is 260 g/mol. The van der Waals surface area contributed by atoms with E-state index in [-0.39, 0.29) is 29.2 Å². The summed E-state index contributed by atoms with van der Waals surface area (Å²) in [5.74, 6) is -1.25. The molecular formula is C10H13ClN2O4. The van der Waals surface area contributed by atoms with Gasteiger partial charge in [-0.15, -0.1) is 0 Å². The zero-order valence-electron chi connectivity index (χ0n) is 8.88. The predicted molar refractivity (Wildman–Crippen MR) is 60.8 cm³/mol. The Morgan fingerprint density at radius 3 is 2.71 bits per heavy atom. The van der Waals surface area contributed by atoms with Crippen LogP contribution in [0.25, 0.3) is 0 Å². The van der Waals surface area contributed by atoms with Crippen molar-refractivity contribution in [3.63, 3.8) is 0 Å². The van der Waals surface area contributed by atoms with E-state index in [0.717, 1.165) is 12.3 Å². The summed E-state index contributed by atoms with van der Waals surface area (Å²) >= 11 is 5.57. The molecule has 0 saturated carbocycles. The van der Waals surface area contributed by atoms with E-state index in [1.165, 1.54) is 0 Å². The van der Waals surface area contributed by atoms with Crippen molar-refractivity contribution in [2.24, 2.45) is 5.73 Å². The minimum Gasteiger partial charge on any atom is -0.478 e. The number of nitrogens with zero attached hydrogens (tertiary/aromatic N) is 1. The quantitative estimate of drug-likeness (QED) is 0.561. The van der Waals surface area contributed by atoms with Crippen LogP contribution in [0.15, 0.2) is 12.3 Å². The second kappa shape index (κ2) is 5.92. The second-order valence-electron chi connectivity index (χ2n) is 3.49. The number of nitrogens with two attached hydrogens (primary N) is 1. The number of aromatic nitrogens is 1. The highest BCUT2D eigenvalue weighted by atomic mass is 35.5. The van der Waals surface area contributed by atoms with Gasteiger partial charge in [0.1, 0.15) is 11.3 Å². The van der Waals surface area contributed by atoms with Crippen LogP contribution in [-0.4, -0.2) is 38.9 Å². The molecule has 1 aromatic rings. The largest absolute Gasteiger partial charge is 0.478 e. The molecule has 0 aliphatic carbocycles. The van der Waals surface area contributed by atoms with Gasteiger partial charge in [-0.2, -0.15) is 0 Å². The van der Waals surface area contributed by atoms with Gasteiger partial charge >= 0.3 is 5.97 Å². The normalized spacial score (nSPS) is 14.4. The Morgan fingerprint density at radius 2 is 2.18 bits per heavy atom. The van der Waals surface area contributed by atoms with Crippen LogP contribution < -0.4 is 5.73 Å². The van der Waals surface area contributed by atoms with Crippen molar-refractivity contribution in [2.45, 2.75) is 18.6 Å². The number of carboxylic acids is 1. The fourth-order valence-corrected chi connectivity index (χ4v) is 1.56. The second-order valence-corrected chi connectivity index (χ2v) is 3.88. The van der Waals surface area contributed by atoms with Gasteiger partial charge in [-0.1, -0.05) is 11.6 Å². The van der Waals surface area contributed by atoms with E-state index < -0.39 is 18.2 Å². The van der Waals surface area contributed by atoms with E-state index >= 15 is 0 Å². The summed E-state index contributed by atoms with van der Waals surface area (Å²) < 4.78 is 0. The Kier molecular flexibility index (Phi) is 4.83. The summed E-state index contributed by atoms with van der Waals surface area (Å²) in [6, 6.07) is 1.12. The number of aromatic carboxylic acids is 1. The van der Waals surface area contributed by atoms with E-state index in [4.69, 9.17) is 22.4 Å². The molecule has 17 heavy (non-hydrogen) atoms. The summed E-state index contributed by atoms with van der Waals surface area (Å²) in [5, 5.41) is 28.3. The highest BCUT2D eigenvalue weighted by Crippen LogP contribution is 2.23. The molecule has 0 aliphatic heterocycles. The van der Waals surface area contributed by atoms with Crippen LogP contribution in [0, 0.1) is 0 Å². The average Bonchev–Trinajstić information content (AvgIpc) is 2.28. The summed E-state index contributed by atoms with van der Waals surface area (Å²) in [6.45, 7) is 0.182. The molecule has 7 heteroatoms. The summed E-state index contributed by atoms with van der Waals surface area (Å²) in [7, 11) is 0. The third-order valence-electron chi connectivity index (χ3n) is 2.28. The smallest absolute Gasteiger partial charge is 0.336 e. The minimum absolute atomic E-state index is 0.00617. The number of hydrogen-bond acceptors (Lipinski definition) is 5.